The van der Waals surface area contributed by atoms with Gasteiger partial charge in [0.15, 0.2) is 0 Å². The number of methoxy groups -OCH3 is 1. The van der Waals surface area contributed by atoms with E-state index >= 15 is 0 Å². The fraction of sp³-hybridized carbons (Fsp3) is 0.143. The van der Waals surface area contributed by atoms with Crippen LogP contribution in [0, 0.1) is 6.92 Å². The second-order valence-electron chi connectivity index (χ2n) is 6.14. The first-order valence-electron chi connectivity index (χ1n) is 8.38. The van der Waals surface area contributed by atoms with Gasteiger partial charge < -0.3 is 14.6 Å². The van der Waals surface area contributed by atoms with E-state index in [1.165, 1.54) is 17.7 Å². The highest BCUT2D eigenvalue weighted by Crippen LogP contribution is 2.25. The van der Waals surface area contributed by atoms with Crippen molar-refractivity contribution in [2.24, 2.45) is 0 Å². The molecule has 0 saturated heterocycles. The van der Waals surface area contributed by atoms with Gasteiger partial charge in [0, 0.05) is 10.7 Å². The molecule has 1 heterocycles. The van der Waals surface area contributed by atoms with Crippen molar-refractivity contribution in [1.82, 2.24) is 4.57 Å². The Morgan fingerprint density at radius 2 is 1.89 bits per heavy atom. The first-order chi connectivity index (χ1) is 13.0. The van der Waals surface area contributed by atoms with Crippen LogP contribution in [-0.4, -0.2) is 17.6 Å². The summed E-state index contributed by atoms with van der Waals surface area (Å²) in [7, 11) is 1.54. The van der Waals surface area contributed by atoms with Crippen molar-refractivity contribution in [3.05, 3.63) is 92.3 Å². The Hall–Kier alpha value is -2.86. The molecule has 3 aromatic rings. The van der Waals surface area contributed by atoms with Crippen molar-refractivity contribution >= 4 is 27.5 Å². The molecule has 0 saturated carbocycles. The molecule has 1 aromatic heterocycles. The third kappa shape index (κ3) is 4.46. The number of ether oxygens (including phenoxy) is 1. The summed E-state index contributed by atoms with van der Waals surface area (Å²) in [4.78, 5) is 25.4. The topological polar surface area (TPSA) is 60.3 Å². The molecule has 5 nitrogen and oxygen atoms in total. The fourth-order valence-electron chi connectivity index (χ4n) is 2.73. The molecule has 0 unspecified atom stereocenters. The molecule has 0 aliphatic heterocycles. The van der Waals surface area contributed by atoms with Crippen molar-refractivity contribution < 1.29 is 9.53 Å². The van der Waals surface area contributed by atoms with Crippen LogP contribution in [-0.2, 0) is 6.54 Å². The molecule has 0 atom stereocenters. The Bertz CT molecular complexity index is 1030. The van der Waals surface area contributed by atoms with E-state index < -0.39 is 5.91 Å². The van der Waals surface area contributed by atoms with Crippen LogP contribution in [0.2, 0.25) is 0 Å². The number of anilines is 1. The number of hydrogen-bond donors (Lipinski definition) is 1. The van der Waals surface area contributed by atoms with Crippen LogP contribution in [0.15, 0.2) is 70.1 Å². The number of amides is 1. The quantitative estimate of drug-likeness (QED) is 0.663. The van der Waals surface area contributed by atoms with Gasteiger partial charge >= 0.3 is 0 Å². The molecule has 0 aliphatic rings. The standard InChI is InChI=1S/C21H19BrN2O3/c1-14-5-10-19(27-2)18(12-14)23-20(25)17-4-3-11-24(21(17)26)13-15-6-8-16(22)9-7-15/h3-12H,13H2,1-2H3,(H,23,25). The number of rotatable bonds is 5. The Morgan fingerprint density at radius 1 is 1.15 bits per heavy atom. The summed E-state index contributed by atoms with van der Waals surface area (Å²) in [5.74, 6) is 0.0779. The molecule has 1 N–H and O–H groups in total. The molecule has 1 amide bonds. The van der Waals surface area contributed by atoms with Crippen LogP contribution < -0.4 is 15.6 Å². The highest BCUT2D eigenvalue weighted by Gasteiger charge is 2.15. The van der Waals surface area contributed by atoms with Crippen molar-refractivity contribution in [3.8, 4) is 5.75 Å². The van der Waals surface area contributed by atoms with Crippen LogP contribution in [0.3, 0.4) is 0 Å². The third-order valence-corrected chi connectivity index (χ3v) is 4.66. The third-order valence-electron chi connectivity index (χ3n) is 4.13. The van der Waals surface area contributed by atoms with Gasteiger partial charge in [-0.25, -0.2) is 0 Å². The van der Waals surface area contributed by atoms with Crippen molar-refractivity contribution in [1.29, 1.82) is 0 Å². The molecule has 138 valence electrons. The highest BCUT2D eigenvalue weighted by atomic mass is 79.9. The molecule has 0 spiro atoms. The van der Waals surface area contributed by atoms with Gasteiger partial charge in [-0.3, -0.25) is 9.59 Å². The van der Waals surface area contributed by atoms with Crippen LogP contribution in [0.25, 0.3) is 0 Å². The van der Waals surface area contributed by atoms with Gasteiger partial charge in [0.1, 0.15) is 11.3 Å². The van der Waals surface area contributed by atoms with Crippen LogP contribution in [0.5, 0.6) is 5.75 Å². The van der Waals surface area contributed by atoms with Crippen molar-refractivity contribution in [2.75, 3.05) is 12.4 Å². The number of aromatic nitrogens is 1. The smallest absolute Gasteiger partial charge is 0.263 e. The lowest BCUT2D eigenvalue weighted by molar-refractivity contribution is 0.102. The Kier molecular flexibility index (Phi) is 5.76. The van der Waals surface area contributed by atoms with Crippen molar-refractivity contribution in [2.45, 2.75) is 13.5 Å². The minimum atomic E-state index is -0.464. The number of nitrogens with one attached hydrogen (secondary N) is 1. The second kappa shape index (κ2) is 8.22. The average Bonchev–Trinajstić information content (AvgIpc) is 2.65. The Morgan fingerprint density at radius 3 is 2.59 bits per heavy atom. The number of aryl methyl sites for hydroxylation is 1. The van der Waals surface area contributed by atoms with Crippen LogP contribution in [0.1, 0.15) is 21.5 Å². The second-order valence-corrected chi connectivity index (χ2v) is 7.05. The molecule has 0 aliphatic carbocycles. The fourth-order valence-corrected chi connectivity index (χ4v) is 2.99. The zero-order chi connectivity index (χ0) is 19.4. The lowest BCUT2D eigenvalue weighted by atomic mass is 10.2. The summed E-state index contributed by atoms with van der Waals surface area (Å²) in [5.41, 5.74) is 2.22. The minimum Gasteiger partial charge on any atom is -0.495 e. The minimum absolute atomic E-state index is 0.0816. The van der Waals surface area contributed by atoms with E-state index in [2.05, 4.69) is 21.2 Å². The monoisotopic (exact) mass is 426 g/mol. The van der Waals surface area contributed by atoms with Gasteiger partial charge in [-0.1, -0.05) is 34.1 Å². The maximum atomic E-state index is 12.8. The summed E-state index contributed by atoms with van der Waals surface area (Å²) < 4.78 is 7.77. The molecule has 6 heteroatoms. The number of carbonyl (C=O) groups is 1. The van der Waals surface area contributed by atoms with E-state index in [0.717, 1.165) is 15.6 Å². The zero-order valence-electron chi connectivity index (χ0n) is 15.0. The van der Waals surface area contributed by atoms with E-state index in [1.54, 1.807) is 24.4 Å². The molecule has 0 bridgehead atoms. The van der Waals surface area contributed by atoms with Gasteiger partial charge in [0.2, 0.25) is 0 Å². The number of nitrogens with zero attached hydrogens (tertiary/aromatic N) is 1. The summed E-state index contributed by atoms with van der Waals surface area (Å²) in [5, 5.41) is 2.77. The Balaban J connectivity index is 1.87. The zero-order valence-corrected chi connectivity index (χ0v) is 16.6. The van der Waals surface area contributed by atoms with E-state index in [4.69, 9.17) is 4.74 Å². The number of carbonyl (C=O) groups excluding carboxylic acids is 1. The molecule has 3 rings (SSSR count). The summed E-state index contributed by atoms with van der Waals surface area (Å²) in [6.07, 6.45) is 1.68. The molecular formula is C21H19BrN2O3. The Labute approximate surface area is 165 Å². The van der Waals surface area contributed by atoms with Crippen LogP contribution >= 0.6 is 15.9 Å². The number of hydrogen-bond acceptors (Lipinski definition) is 3. The highest BCUT2D eigenvalue weighted by molar-refractivity contribution is 9.10. The van der Waals surface area contributed by atoms with Gasteiger partial charge in [0.25, 0.3) is 11.5 Å². The summed E-state index contributed by atoms with van der Waals surface area (Å²) >= 11 is 3.39. The molecule has 2 aromatic carbocycles. The summed E-state index contributed by atoms with van der Waals surface area (Å²) in [6.45, 7) is 2.31. The average molecular weight is 427 g/mol. The summed E-state index contributed by atoms with van der Waals surface area (Å²) in [6, 6.07) is 16.4. The lowest BCUT2D eigenvalue weighted by Gasteiger charge is -2.12. The van der Waals surface area contributed by atoms with E-state index in [0.29, 0.717) is 18.0 Å². The maximum absolute atomic E-state index is 12.8. The van der Waals surface area contributed by atoms with Crippen LogP contribution in [0.4, 0.5) is 5.69 Å². The first-order valence-corrected chi connectivity index (χ1v) is 9.17. The van der Waals surface area contributed by atoms with E-state index in [1.807, 2.05) is 37.3 Å². The van der Waals surface area contributed by atoms with Gasteiger partial charge in [-0.15, -0.1) is 0 Å². The molecule has 0 radical (unpaired) electrons. The van der Waals surface area contributed by atoms with Gasteiger partial charge in [-0.2, -0.15) is 0 Å². The normalized spacial score (nSPS) is 10.5. The SMILES string of the molecule is COc1ccc(C)cc1NC(=O)c1cccn(Cc2ccc(Br)cc2)c1=O. The largest absolute Gasteiger partial charge is 0.495 e. The number of pyridine rings is 1. The lowest BCUT2D eigenvalue weighted by Crippen LogP contribution is -2.29. The molecule has 27 heavy (non-hydrogen) atoms. The number of benzene rings is 2. The van der Waals surface area contributed by atoms with E-state index in [-0.39, 0.29) is 11.1 Å². The van der Waals surface area contributed by atoms with Crippen molar-refractivity contribution in [3.63, 3.8) is 0 Å². The van der Waals surface area contributed by atoms with E-state index in [9.17, 15) is 9.59 Å². The van der Waals surface area contributed by atoms with Gasteiger partial charge in [0.05, 0.1) is 19.3 Å². The maximum Gasteiger partial charge on any atom is 0.263 e. The molecular weight excluding hydrogens is 408 g/mol. The van der Waals surface area contributed by atoms with Gasteiger partial charge in [-0.05, 0) is 54.4 Å². The molecule has 0 fully saturated rings. The predicted molar refractivity (Wildman–Crippen MR) is 110 cm³/mol. The first kappa shape index (κ1) is 18.9. The predicted octanol–water partition coefficient (Wildman–Crippen LogP) is 4.23. The number of halogens is 1.